The Balaban J connectivity index is 3.56. The summed E-state index contributed by atoms with van der Waals surface area (Å²) in [5.41, 5.74) is 2.56. The minimum Gasteiger partial charge on any atom is -0.370 e. The average Bonchev–Trinajstić information content (AvgIpc) is 2.17. The highest BCUT2D eigenvalue weighted by Crippen LogP contribution is 2.50. The summed E-state index contributed by atoms with van der Waals surface area (Å²) in [4.78, 5) is 0. The largest absolute Gasteiger partial charge is 0.416 e. The minimum atomic E-state index is -6.04. The molecule has 0 aliphatic heterocycles. The van der Waals surface area contributed by atoms with Crippen LogP contribution in [0.2, 0.25) is 0 Å². The fraction of sp³-hybridized carbons (Fsp3) is 0.600. The lowest BCUT2D eigenvalue weighted by molar-refractivity contribution is -0.271. The molecule has 2 unspecified atom stereocenters. The topological polar surface area (TPSA) is 72.3 Å². The Kier molecular flexibility index (Phi) is 4.38. The van der Waals surface area contributed by atoms with Gasteiger partial charge in [-0.15, -0.1) is 0 Å². The summed E-state index contributed by atoms with van der Waals surface area (Å²) in [6.07, 6.45) is -18.2. The van der Waals surface area contributed by atoms with Gasteiger partial charge >= 0.3 is 18.5 Å². The van der Waals surface area contributed by atoms with Crippen LogP contribution in [-0.4, -0.2) is 35.4 Å². The molecule has 2 atom stereocenters. The van der Waals surface area contributed by atoms with E-state index in [0.717, 1.165) is 0 Å². The first-order chi connectivity index (χ1) is 9.48. The number of halogens is 9. The minimum absolute atomic E-state index is 0.172. The van der Waals surface area contributed by atoms with Crippen LogP contribution in [0, 0.1) is 5.92 Å². The fourth-order valence-electron chi connectivity index (χ4n) is 1.86. The van der Waals surface area contributed by atoms with Gasteiger partial charge in [0.15, 0.2) is 11.6 Å². The van der Waals surface area contributed by atoms with Crippen molar-refractivity contribution in [3.05, 3.63) is 23.3 Å². The maximum atomic E-state index is 12.7. The quantitative estimate of drug-likeness (QED) is 0.504. The zero-order valence-corrected chi connectivity index (χ0v) is 10.3. The smallest absolute Gasteiger partial charge is 0.370 e. The molecule has 0 radical (unpaired) electrons. The third-order valence-corrected chi connectivity index (χ3v) is 2.85. The van der Waals surface area contributed by atoms with Gasteiger partial charge in [0.25, 0.3) is 0 Å². The maximum Gasteiger partial charge on any atom is 0.416 e. The van der Waals surface area contributed by atoms with E-state index in [1.807, 2.05) is 0 Å². The summed E-state index contributed by atoms with van der Waals surface area (Å²) in [7, 11) is 0. The molecule has 5 N–H and O–H groups in total. The predicted octanol–water partition coefficient (Wildman–Crippen LogP) is 2.13. The second kappa shape index (κ2) is 5.13. The van der Waals surface area contributed by atoms with E-state index in [4.69, 9.17) is 11.5 Å². The Bertz CT molecular complexity index is 484. The molecule has 3 nitrogen and oxygen atoms in total. The second-order valence-corrected chi connectivity index (χ2v) is 4.61. The summed E-state index contributed by atoms with van der Waals surface area (Å²) in [5, 5.41) is 9.35. The van der Waals surface area contributed by atoms with Crippen molar-refractivity contribution in [2.75, 3.05) is 0 Å². The van der Waals surface area contributed by atoms with Gasteiger partial charge in [0.1, 0.15) is 0 Å². The fourth-order valence-corrected chi connectivity index (χ4v) is 1.86. The molecule has 1 aliphatic carbocycles. The summed E-state index contributed by atoms with van der Waals surface area (Å²) in [6.45, 7) is 0. The average molecular weight is 344 g/mol. The van der Waals surface area contributed by atoms with E-state index in [9.17, 15) is 44.6 Å². The molecule has 1 rings (SSSR count). The lowest BCUT2D eigenvalue weighted by atomic mass is 9.82. The Labute approximate surface area is 117 Å². The van der Waals surface area contributed by atoms with E-state index in [2.05, 4.69) is 0 Å². The first-order valence-electron chi connectivity index (χ1n) is 5.40. The van der Waals surface area contributed by atoms with Gasteiger partial charge in [0.05, 0.1) is 11.6 Å². The number of rotatable bonds is 1. The molecule has 0 fully saturated rings. The van der Waals surface area contributed by atoms with Gasteiger partial charge in [-0.3, -0.25) is 5.73 Å². The summed E-state index contributed by atoms with van der Waals surface area (Å²) >= 11 is 0. The van der Waals surface area contributed by atoms with Crippen LogP contribution in [0.3, 0.4) is 0 Å². The number of nitrogens with two attached hydrogens (primary N) is 2. The van der Waals surface area contributed by atoms with Gasteiger partial charge < -0.3 is 10.8 Å². The normalized spacial score (nSPS) is 27.8. The molecule has 0 amide bonds. The van der Waals surface area contributed by atoms with E-state index in [0.29, 0.717) is 0 Å². The highest BCUT2D eigenvalue weighted by molar-refractivity contribution is 5.45. The molecule has 0 heterocycles. The van der Waals surface area contributed by atoms with Crippen LogP contribution < -0.4 is 11.5 Å². The molecule has 0 spiro atoms. The highest BCUT2D eigenvalue weighted by Gasteiger charge is 2.62. The maximum absolute atomic E-state index is 12.7. The van der Waals surface area contributed by atoms with Crippen molar-refractivity contribution in [2.45, 2.75) is 30.3 Å². The Morgan fingerprint density at radius 3 is 1.73 bits per heavy atom. The molecule has 1 aliphatic rings. The highest BCUT2D eigenvalue weighted by atomic mass is 19.4. The van der Waals surface area contributed by atoms with Crippen molar-refractivity contribution in [3.63, 3.8) is 0 Å². The van der Waals surface area contributed by atoms with E-state index in [-0.39, 0.29) is 12.2 Å². The Morgan fingerprint density at radius 1 is 1.00 bits per heavy atom. The number of aliphatic hydroxyl groups is 1. The van der Waals surface area contributed by atoms with E-state index in [1.165, 1.54) is 0 Å². The first kappa shape index (κ1) is 18.8. The lowest BCUT2D eigenvalue weighted by Gasteiger charge is -2.35. The van der Waals surface area contributed by atoms with Gasteiger partial charge in [0, 0.05) is 0 Å². The van der Waals surface area contributed by atoms with E-state index < -0.39 is 47.4 Å². The monoisotopic (exact) mass is 344 g/mol. The third kappa shape index (κ3) is 3.73. The van der Waals surface area contributed by atoms with Crippen LogP contribution in [0.4, 0.5) is 39.5 Å². The number of hydrogen-bond donors (Lipinski definition) is 3. The van der Waals surface area contributed by atoms with E-state index >= 15 is 0 Å². The number of allylic oxidation sites excluding steroid dienone is 2. The molecular formula is C10H9F9N2O. The van der Waals surface area contributed by atoms with Crippen LogP contribution in [0.5, 0.6) is 0 Å². The molecule has 0 aromatic carbocycles. The Morgan fingerprint density at radius 2 is 1.41 bits per heavy atom. The van der Waals surface area contributed by atoms with Gasteiger partial charge in [-0.1, -0.05) is 6.08 Å². The molecule has 12 heteroatoms. The lowest BCUT2D eigenvalue weighted by Crippen LogP contribution is -2.56. The summed E-state index contributed by atoms with van der Waals surface area (Å²) in [6, 6.07) is -2.08. The second-order valence-electron chi connectivity index (χ2n) is 4.61. The number of alkyl halides is 9. The van der Waals surface area contributed by atoms with Crippen molar-refractivity contribution in [3.8, 4) is 0 Å². The van der Waals surface area contributed by atoms with Crippen molar-refractivity contribution >= 4 is 0 Å². The van der Waals surface area contributed by atoms with Crippen molar-refractivity contribution in [1.82, 2.24) is 0 Å². The van der Waals surface area contributed by atoms with Gasteiger partial charge in [-0.05, 0) is 11.6 Å². The standard InChI is InChI=1S/C10H9F9N2O/c11-8(12,13)4-2-7(21,22)5(20)1-3(4)6(9(14,15)16)10(17,18)19/h1-2,5-6,22H,20-21H2. The third-order valence-electron chi connectivity index (χ3n) is 2.85. The molecule has 128 valence electrons. The summed E-state index contributed by atoms with van der Waals surface area (Å²) < 4.78 is 114. The molecule has 0 aromatic rings. The van der Waals surface area contributed by atoms with E-state index in [1.54, 1.807) is 0 Å². The predicted molar refractivity (Wildman–Crippen MR) is 54.9 cm³/mol. The Hall–Kier alpha value is -1.27. The van der Waals surface area contributed by atoms with Crippen molar-refractivity contribution in [2.24, 2.45) is 17.4 Å². The number of hydrogen-bond acceptors (Lipinski definition) is 3. The van der Waals surface area contributed by atoms with Crippen molar-refractivity contribution < 1.29 is 44.6 Å². The zero-order chi connectivity index (χ0) is 17.7. The zero-order valence-electron chi connectivity index (χ0n) is 10.3. The molecule has 0 bridgehead atoms. The molecule has 0 saturated carbocycles. The molecule has 0 aromatic heterocycles. The van der Waals surface area contributed by atoms with Gasteiger partial charge in [0.2, 0.25) is 0 Å². The molecule has 22 heavy (non-hydrogen) atoms. The summed E-state index contributed by atoms with van der Waals surface area (Å²) in [5.74, 6) is -4.41. The molecule has 0 saturated heterocycles. The van der Waals surface area contributed by atoms with Gasteiger partial charge in [-0.2, -0.15) is 39.5 Å². The van der Waals surface area contributed by atoms with Crippen LogP contribution in [0.15, 0.2) is 23.3 Å². The van der Waals surface area contributed by atoms with Crippen molar-refractivity contribution in [1.29, 1.82) is 0 Å². The SMILES string of the molecule is NC1C=C(C(C(F)(F)F)C(F)(F)F)C(C(F)(F)F)=CC1(N)O. The van der Waals surface area contributed by atoms with Gasteiger partial charge in [-0.25, -0.2) is 0 Å². The van der Waals surface area contributed by atoms with Crippen LogP contribution >= 0.6 is 0 Å². The molecular weight excluding hydrogens is 335 g/mol. The van der Waals surface area contributed by atoms with Crippen LogP contribution in [-0.2, 0) is 0 Å². The first-order valence-corrected chi connectivity index (χ1v) is 5.40. The van der Waals surface area contributed by atoms with Crippen LogP contribution in [0.25, 0.3) is 0 Å². The van der Waals surface area contributed by atoms with Crippen LogP contribution in [0.1, 0.15) is 0 Å².